The number of para-hydroxylation sites is 2. The number of hydrogen-bond donors (Lipinski definition) is 6. The van der Waals surface area contributed by atoms with Crippen molar-refractivity contribution in [3.63, 3.8) is 0 Å². The topological polar surface area (TPSA) is 157 Å². The Hall–Kier alpha value is -2.79. The van der Waals surface area contributed by atoms with Gasteiger partial charge in [0.05, 0.1) is 18.0 Å². The molecule has 30 heavy (non-hydrogen) atoms. The summed E-state index contributed by atoms with van der Waals surface area (Å²) in [5, 5.41) is 44.7. The van der Waals surface area contributed by atoms with Crippen molar-refractivity contribution in [1.82, 2.24) is 0 Å². The van der Waals surface area contributed by atoms with E-state index in [9.17, 15) is 4.79 Å². The Kier molecular flexibility index (Phi) is 6.83. The summed E-state index contributed by atoms with van der Waals surface area (Å²) < 4.78 is 4.58. The molecular weight excluding hydrogens is 392 g/mol. The summed E-state index contributed by atoms with van der Waals surface area (Å²) in [6, 6.07) is 14.9. The van der Waals surface area contributed by atoms with Crippen molar-refractivity contribution >= 4 is 29.6 Å². The number of aliphatic hydroxyl groups is 5. The van der Waals surface area contributed by atoms with E-state index < -0.39 is 43.3 Å². The van der Waals surface area contributed by atoms with Crippen molar-refractivity contribution in [2.24, 2.45) is 5.73 Å². The van der Waals surface area contributed by atoms with Crippen molar-refractivity contribution in [3.8, 4) is 0 Å². The standard InChI is InChI=1S/C15H12N2O.C6H12O6/c16-15(18)17-13-7-3-1-5-11(13)9-10-12-6-2-4-8-14(12)17;7-1-2-3(8)4(9)5(10)6(11)12-2/h1-10H,(H2,16,18);2-11H,1H2/t;2-,3-,4+,5-,6?/m.1/s1. The van der Waals surface area contributed by atoms with Crippen LogP contribution in [0.25, 0.3) is 12.2 Å². The van der Waals surface area contributed by atoms with Crippen LogP contribution in [0.5, 0.6) is 0 Å². The Morgan fingerprint density at radius 3 is 1.83 bits per heavy atom. The van der Waals surface area contributed by atoms with Gasteiger partial charge in [-0.3, -0.25) is 4.90 Å². The molecule has 2 aliphatic rings. The molecule has 2 heterocycles. The van der Waals surface area contributed by atoms with Gasteiger partial charge in [0.1, 0.15) is 24.4 Å². The summed E-state index contributed by atoms with van der Waals surface area (Å²) in [7, 11) is 0. The molecule has 2 aliphatic heterocycles. The Morgan fingerprint density at radius 1 is 0.867 bits per heavy atom. The molecule has 0 aromatic heterocycles. The Morgan fingerprint density at radius 2 is 1.37 bits per heavy atom. The van der Waals surface area contributed by atoms with Crippen LogP contribution in [0.2, 0.25) is 0 Å². The van der Waals surface area contributed by atoms with E-state index in [1.807, 2.05) is 60.7 Å². The average Bonchev–Trinajstić information content (AvgIpc) is 2.92. The van der Waals surface area contributed by atoms with Crippen LogP contribution in [-0.2, 0) is 4.74 Å². The lowest BCUT2D eigenvalue weighted by Crippen LogP contribution is -2.58. The zero-order chi connectivity index (χ0) is 21.8. The quantitative estimate of drug-likeness (QED) is 0.387. The average molecular weight is 416 g/mol. The minimum atomic E-state index is -1.57. The van der Waals surface area contributed by atoms with Gasteiger partial charge in [0, 0.05) is 0 Å². The second kappa shape index (κ2) is 9.35. The smallest absolute Gasteiger partial charge is 0.323 e. The van der Waals surface area contributed by atoms with Crippen molar-refractivity contribution in [2.45, 2.75) is 30.7 Å². The Labute approximate surface area is 172 Å². The third kappa shape index (κ3) is 4.36. The predicted octanol–water partition coefficient (Wildman–Crippen LogP) is 0.166. The van der Waals surface area contributed by atoms with Crippen LogP contribution in [0.15, 0.2) is 48.5 Å². The van der Waals surface area contributed by atoms with Gasteiger partial charge in [-0.1, -0.05) is 48.6 Å². The monoisotopic (exact) mass is 416 g/mol. The van der Waals surface area contributed by atoms with Crippen molar-refractivity contribution in [2.75, 3.05) is 11.5 Å². The molecule has 7 N–H and O–H groups in total. The van der Waals surface area contributed by atoms with E-state index in [-0.39, 0.29) is 0 Å². The summed E-state index contributed by atoms with van der Waals surface area (Å²) in [6.07, 6.45) is -3.05. The van der Waals surface area contributed by atoms with Gasteiger partial charge in [-0.2, -0.15) is 0 Å². The number of carbonyl (C=O) groups excluding carboxylic acids is 1. The van der Waals surface area contributed by atoms with Gasteiger partial charge < -0.3 is 36.0 Å². The van der Waals surface area contributed by atoms with Crippen LogP contribution >= 0.6 is 0 Å². The number of anilines is 2. The summed E-state index contributed by atoms with van der Waals surface area (Å²) in [5.74, 6) is 0. The van der Waals surface area contributed by atoms with E-state index in [2.05, 4.69) is 4.74 Å². The largest absolute Gasteiger partial charge is 0.394 e. The van der Waals surface area contributed by atoms with E-state index in [0.717, 1.165) is 22.5 Å². The molecule has 0 spiro atoms. The number of nitrogens with two attached hydrogens (primary N) is 1. The van der Waals surface area contributed by atoms with E-state index in [1.165, 1.54) is 0 Å². The fourth-order valence-electron chi connectivity index (χ4n) is 3.29. The van der Waals surface area contributed by atoms with Gasteiger partial charge in [0.15, 0.2) is 6.29 Å². The molecule has 0 saturated carbocycles. The summed E-state index contributed by atoms with van der Waals surface area (Å²) in [4.78, 5) is 13.3. The molecule has 1 saturated heterocycles. The first-order chi connectivity index (χ1) is 14.3. The SMILES string of the molecule is NC(=O)N1c2ccccc2C=Cc2ccccc21.OC[C@H]1OC(O)[C@H](O)[C@@H](O)[C@@H]1O. The van der Waals surface area contributed by atoms with Crippen LogP contribution in [0.4, 0.5) is 16.2 Å². The number of carbonyl (C=O) groups is 1. The van der Waals surface area contributed by atoms with E-state index in [4.69, 9.17) is 31.3 Å². The maximum absolute atomic E-state index is 11.8. The number of ether oxygens (including phenoxy) is 1. The zero-order valence-electron chi connectivity index (χ0n) is 15.9. The highest BCUT2D eigenvalue weighted by Crippen LogP contribution is 2.35. The molecule has 5 atom stereocenters. The summed E-state index contributed by atoms with van der Waals surface area (Å²) in [6.45, 7) is -0.526. The minimum Gasteiger partial charge on any atom is -0.394 e. The maximum atomic E-state index is 11.8. The van der Waals surface area contributed by atoms with Crippen molar-refractivity contribution in [3.05, 3.63) is 59.7 Å². The molecule has 9 nitrogen and oxygen atoms in total. The fraction of sp³-hybridized carbons (Fsp3) is 0.286. The molecule has 1 unspecified atom stereocenters. The lowest BCUT2D eigenvalue weighted by Gasteiger charge is -2.37. The molecule has 0 radical (unpaired) electrons. The third-order valence-electron chi connectivity index (χ3n) is 4.89. The molecule has 2 aromatic rings. The number of aliphatic hydroxyl groups excluding tert-OH is 5. The Balaban J connectivity index is 0.000000187. The lowest BCUT2D eigenvalue weighted by molar-refractivity contribution is -0.286. The van der Waals surface area contributed by atoms with Crippen LogP contribution < -0.4 is 10.6 Å². The molecule has 9 heteroatoms. The maximum Gasteiger partial charge on any atom is 0.323 e. The normalized spacial score (nSPS) is 27.2. The number of rotatable bonds is 1. The highest BCUT2D eigenvalue weighted by atomic mass is 16.6. The van der Waals surface area contributed by atoms with Gasteiger partial charge in [-0.15, -0.1) is 0 Å². The predicted molar refractivity (Wildman–Crippen MR) is 110 cm³/mol. The highest BCUT2D eigenvalue weighted by Gasteiger charge is 2.42. The van der Waals surface area contributed by atoms with E-state index in [0.29, 0.717) is 0 Å². The zero-order valence-corrected chi connectivity index (χ0v) is 15.9. The highest BCUT2D eigenvalue weighted by molar-refractivity contribution is 6.04. The molecule has 0 aliphatic carbocycles. The minimum absolute atomic E-state index is 0.474. The third-order valence-corrected chi connectivity index (χ3v) is 4.89. The Bertz CT molecular complexity index is 865. The molecule has 4 rings (SSSR count). The molecule has 2 amide bonds. The molecule has 1 fully saturated rings. The number of urea groups is 1. The number of nitrogens with zero attached hydrogens (tertiary/aromatic N) is 1. The fourth-order valence-corrected chi connectivity index (χ4v) is 3.29. The van der Waals surface area contributed by atoms with Gasteiger partial charge in [-0.05, 0) is 23.3 Å². The van der Waals surface area contributed by atoms with Gasteiger partial charge in [0.2, 0.25) is 0 Å². The molecule has 160 valence electrons. The van der Waals surface area contributed by atoms with Crippen molar-refractivity contribution in [1.29, 1.82) is 0 Å². The number of amides is 2. The second-order valence-electron chi connectivity index (χ2n) is 6.84. The number of fused-ring (bicyclic) bond motifs is 2. The van der Waals surface area contributed by atoms with Gasteiger partial charge in [-0.25, -0.2) is 4.79 Å². The van der Waals surface area contributed by atoms with Gasteiger partial charge >= 0.3 is 6.03 Å². The molecule has 2 aromatic carbocycles. The first kappa shape index (κ1) is 21.9. The molecule has 0 bridgehead atoms. The summed E-state index contributed by atoms with van der Waals surface area (Å²) >= 11 is 0. The molecular formula is C21H24N2O7. The van der Waals surface area contributed by atoms with Crippen LogP contribution in [0.1, 0.15) is 11.1 Å². The second-order valence-corrected chi connectivity index (χ2v) is 6.84. The lowest BCUT2D eigenvalue weighted by atomic mass is 10.00. The number of hydrogen-bond acceptors (Lipinski definition) is 7. The van der Waals surface area contributed by atoms with Crippen molar-refractivity contribution < 1.29 is 35.1 Å². The van der Waals surface area contributed by atoms with Crippen LogP contribution in [0, 0.1) is 0 Å². The van der Waals surface area contributed by atoms with Gasteiger partial charge in [0.25, 0.3) is 0 Å². The van der Waals surface area contributed by atoms with Crippen LogP contribution in [0.3, 0.4) is 0 Å². The van der Waals surface area contributed by atoms with E-state index in [1.54, 1.807) is 4.90 Å². The van der Waals surface area contributed by atoms with E-state index >= 15 is 0 Å². The van der Waals surface area contributed by atoms with Crippen LogP contribution in [-0.4, -0.2) is 68.9 Å². The number of benzene rings is 2. The summed E-state index contributed by atoms with van der Waals surface area (Å²) in [5.41, 5.74) is 9.11. The number of primary amides is 1. The first-order valence-electron chi connectivity index (χ1n) is 9.29. The first-order valence-corrected chi connectivity index (χ1v) is 9.29.